The molecule has 2 rings (SSSR count). The molecule has 1 heterocycles. The van der Waals surface area contributed by atoms with Crippen LogP contribution >= 0.6 is 0 Å². The van der Waals surface area contributed by atoms with E-state index in [1.807, 2.05) is 25.1 Å². The first kappa shape index (κ1) is 9.84. The summed E-state index contributed by atoms with van der Waals surface area (Å²) in [6.07, 6.45) is 0.853. The lowest BCUT2D eigenvalue weighted by Crippen LogP contribution is -1.94. The predicted octanol–water partition coefficient (Wildman–Crippen LogP) is 2.97. The van der Waals surface area contributed by atoms with Crippen molar-refractivity contribution in [2.24, 2.45) is 0 Å². The van der Waals surface area contributed by atoms with Crippen molar-refractivity contribution in [3.8, 4) is 0 Å². The second-order valence-corrected chi connectivity index (χ2v) is 3.84. The Bertz CT molecular complexity index is 544. The van der Waals surface area contributed by atoms with Gasteiger partial charge in [0.1, 0.15) is 6.29 Å². The van der Waals surface area contributed by atoms with E-state index >= 15 is 0 Å². The molecule has 0 atom stereocenters. The van der Waals surface area contributed by atoms with Gasteiger partial charge in [-0.05, 0) is 38.0 Å². The maximum Gasteiger partial charge on any atom is 0.150 e. The number of aryl methyl sites for hydroxylation is 2. The average Bonchev–Trinajstić information content (AvgIpc) is 2.25. The zero-order chi connectivity index (χ0) is 11.0. The van der Waals surface area contributed by atoms with Gasteiger partial charge >= 0.3 is 0 Å². The standard InChI is InChI=1S/C13H13NO/c1-8-9(2)12-5-4-11(7-15)6-13(12)14-10(8)3/h4-7H,1-3H3. The topological polar surface area (TPSA) is 30.0 Å². The molecule has 15 heavy (non-hydrogen) atoms. The first-order valence-electron chi connectivity index (χ1n) is 4.96. The van der Waals surface area contributed by atoms with E-state index in [0.29, 0.717) is 5.56 Å². The fourth-order valence-corrected chi connectivity index (χ4v) is 1.77. The van der Waals surface area contributed by atoms with Crippen molar-refractivity contribution in [1.29, 1.82) is 0 Å². The molecule has 0 saturated carbocycles. The lowest BCUT2D eigenvalue weighted by molar-refractivity contribution is 0.112. The number of fused-ring (bicyclic) bond motifs is 1. The molecule has 0 spiro atoms. The molecule has 0 unspecified atom stereocenters. The Kier molecular flexibility index (Phi) is 2.27. The van der Waals surface area contributed by atoms with Crippen molar-refractivity contribution >= 4 is 17.2 Å². The number of aldehydes is 1. The first-order valence-corrected chi connectivity index (χ1v) is 4.96. The quantitative estimate of drug-likeness (QED) is 0.661. The third kappa shape index (κ3) is 1.52. The van der Waals surface area contributed by atoms with Crippen LogP contribution in [0.15, 0.2) is 18.2 Å². The minimum atomic E-state index is 0.678. The van der Waals surface area contributed by atoms with Crippen LogP contribution in [0.4, 0.5) is 0 Å². The maximum absolute atomic E-state index is 10.7. The molecule has 1 aromatic heterocycles. The molecule has 0 aliphatic heterocycles. The minimum absolute atomic E-state index is 0.678. The summed E-state index contributed by atoms with van der Waals surface area (Å²) >= 11 is 0. The number of rotatable bonds is 1. The summed E-state index contributed by atoms with van der Waals surface area (Å²) in [5.41, 5.74) is 5.08. The summed E-state index contributed by atoms with van der Waals surface area (Å²) in [6.45, 7) is 6.16. The molecule has 0 N–H and O–H groups in total. The van der Waals surface area contributed by atoms with Gasteiger partial charge in [0.05, 0.1) is 5.52 Å². The molecule has 1 aromatic carbocycles. The van der Waals surface area contributed by atoms with Gasteiger partial charge in [-0.25, -0.2) is 0 Å². The van der Waals surface area contributed by atoms with Gasteiger partial charge in [0.2, 0.25) is 0 Å². The van der Waals surface area contributed by atoms with Crippen LogP contribution in [0.3, 0.4) is 0 Å². The molecule has 0 aliphatic carbocycles. The van der Waals surface area contributed by atoms with Gasteiger partial charge in [0.25, 0.3) is 0 Å². The summed E-state index contributed by atoms with van der Waals surface area (Å²) in [7, 11) is 0. The highest BCUT2D eigenvalue weighted by molar-refractivity contribution is 5.89. The van der Waals surface area contributed by atoms with E-state index in [9.17, 15) is 4.79 Å². The Morgan fingerprint density at radius 3 is 2.53 bits per heavy atom. The fraction of sp³-hybridized carbons (Fsp3) is 0.231. The zero-order valence-corrected chi connectivity index (χ0v) is 9.16. The molecule has 0 radical (unpaired) electrons. The summed E-state index contributed by atoms with van der Waals surface area (Å²) in [6, 6.07) is 5.63. The van der Waals surface area contributed by atoms with Crippen LogP contribution < -0.4 is 0 Å². The lowest BCUT2D eigenvalue weighted by Gasteiger charge is -2.08. The highest BCUT2D eigenvalue weighted by Crippen LogP contribution is 2.22. The van der Waals surface area contributed by atoms with E-state index < -0.39 is 0 Å². The Hall–Kier alpha value is -1.70. The summed E-state index contributed by atoms with van der Waals surface area (Å²) in [4.78, 5) is 15.1. The SMILES string of the molecule is Cc1nc2cc(C=O)ccc2c(C)c1C. The summed E-state index contributed by atoms with van der Waals surface area (Å²) in [5.74, 6) is 0. The number of carbonyl (C=O) groups excluding carboxylic acids is 1. The van der Waals surface area contributed by atoms with E-state index in [1.165, 1.54) is 11.1 Å². The molecule has 2 nitrogen and oxygen atoms in total. The van der Waals surface area contributed by atoms with E-state index in [2.05, 4.69) is 18.8 Å². The molecular formula is C13H13NO. The maximum atomic E-state index is 10.7. The number of aromatic nitrogens is 1. The van der Waals surface area contributed by atoms with Crippen LogP contribution in [0.1, 0.15) is 27.2 Å². The zero-order valence-electron chi connectivity index (χ0n) is 9.16. The van der Waals surface area contributed by atoms with Crippen molar-refractivity contribution in [2.75, 3.05) is 0 Å². The molecule has 0 fully saturated rings. The predicted molar refractivity (Wildman–Crippen MR) is 61.3 cm³/mol. The summed E-state index contributed by atoms with van der Waals surface area (Å²) < 4.78 is 0. The van der Waals surface area contributed by atoms with Gasteiger partial charge in [0, 0.05) is 16.6 Å². The number of nitrogens with zero attached hydrogens (tertiary/aromatic N) is 1. The second-order valence-electron chi connectivity index (χ2n) is 3.84. The average molecular weight is 199 g/mol. The van der Waals surface area contributed by atoms with Crippen LogP contribution in [-0.4, -0.2) is 11.3 Å². The van der Waals surface area contributed by atoms with Gasteiger partial charge < -0.3 is 0 Å². The molecule has 76 valence electrons. The first-order chi connectivity index (χ1) is 7.13. The number of pyridine rings is 1. The van der Waals surface area contributed by atoms with Crippen molar-refractivity contribution < 1.29 is 4.79 Å². The van der Waals surface area contributed by atoms with Crippen LogP contribution in [0, 0.1) is 20.8 Å². The molecule has 0 amide bonds. The van der Waals surface area contributed by atoms with Crippen molar-refractivity contribution in [2.45, 2.75) is 20.8 Å². The third-order valence-corrected chi connectivity index (χ3v) is 2.96. The number of hydrogen-bond donors (Lipinski definition) is 0. The van der Waals surface area contributed by atoms with E-state index in [1.54, 1.807) is 0 Å². The van der Waals surface area contributed by atoms with Crippen LogP contribution in [0.5, 0.6) is 0 Å². The third-order valence-electron chi connectivity index (χ3n) is 2.96. The van der Waals surface area contributed by atoms with Gasteiger partial charge in [-0.15, -0.1) is 0 Å². The van der Waals surface area contributed by atoms with E-state index in [-0.39, 0.29) is 0 Å². The number of hydrogen-bond acceptors (Lipinski definition) is 2. The molecule has 2 aromatic rings. The normalized spacial score (nSPS) is 10.6. The molecular weight excluding hydrogens is 186 g/mol. The van der Waals surface area contributed by atoms with Gasteiger partial charge in [-0.1, -0.05) is 12.1 Å². The van der Waals surface area contributed by atoms with Gasteiger partial charge in [-0.3, -0.25) is 9.78 Å². The van der Waals surface area contributed by atoms with Crippen molar-refractivity contribution in [1.82, 2.24) is 4.98 Å². The number of carbonyl (C=O) groups is 1. The largest absolute Gasteiger partial charge is 0.298 e. The molecule has 2 heteroatoms. The Morgan fingerprint density at radius 2 is 1.87 bits per heavy atom. The van der Waals surface area contributed by atoms with E-state index in [0.717, 1.165) is 22.9 Å². The minimum Gasteiger partial charge on any atom is -0.298 e. The molecule has 0 aliphatic rings. The van der Waals surface area contributed by atoms with Crippen molar-refractivity contribution in [3.05, 3.63) is 40.6 Å². The monoisotopic (exact) mass is 199 g/mol. The van der Waals surface area contributed by atoms with Crippen LogP contribution in [-0.2, 0) is 0 Å². The Balaban J connectivity index is 2.86. The Labute approximate surface area is 89.0 Å². The number of benzene rings is 1. The van der Waals surface area contributed by atoms with Crippen LogP contribution in [0.25, 0.3) is 10.9 Å². The smallest absolute Gasteiger partial charge is 0.150 e. The van der Waals surface area contributed by atoms with E-state index in [4.69, 9.17) is 0 Å². The van der Waals surface area contributed by atoms with Crippen molar-refractivity contribution in [3.63, 3.8) is 0 Å². The van der Waals surface area contributed by atoms with Crippen LogP contribution in [0.2, 0.25) is 0 Å². The fourth-order valence-electron chi connectivity index (χ4n) is 1.77. The highest BCUT2D eigenvalue weighted by atomic mass is 16.1. The van der Waals surface area contributed by atoms with Gasteiger partial charge in [-0.2, -0.15) is 0 Å². The molecule has 0 bridgehead atoms. The second kappa shape index (κ2) is 3.46. The molecule has 0 saturated heterocycles. The Morgan fingerprint density at radius 1 is 1.13 bits per heavy atom. The van der Waals surface area contributed by atoms with Gasteiger partial charge in [0.15, 0.2) is 0 Å². The summed E-state index contributed by atoms with van der Waals surface area (Å²) in [5, 5.41) is 1.13. The highest BCUT2D eigenvalue weighted by Gasteiger charge is 2.05. The lowest BCUT2D eigenvalue weighted by atomic mass is 10.0.